The number of alkyl halides is 3. The fourth-order valence-corrected chi connectivity index (χ4v) is 3.62. The van der Waals surface area contributed by atoms with Gasteiger partial charge >= 0.3 is 6.18 Å². The van der Waals surface area contributed by atoms with Gasteiger partial charge in [0, 0.05) is 35.6 Å². The van der Waals surface area contributed by atoms with E-state index in [9.17, 15) is 17.6 Å². The molecule has 0 saturated carbocycles. The van der Waals surface area contributed by atoms with Gasteiger partial charge in [-0.3, -0.25) is 0 Å². The van der Waals surface area contributed by atoms with Gasteiger partial charge in [-0.25, -0.2) is 9.37 Å². The van der Waals surface area contributed by atoms with Crippen LogP contribution in [-0.2, 0) is 10.9 Å². The summed E-state index contributed by atoms with van der Waals surface area (Å²) in [6.07, 6.45) is -3.07. The standard InChI is InChI=1S/C21H21F4N5O/c1-12(14-4-3-5-17(19(14)22)21(23,24)25)27-20-15-10-18(30-6-8-31-9-7-30)26-11-16(15)13(2)28-29-20/h3-5,10-12H,6-9H2,1-2H3,(H,27,29)/t12-/m1/s1. The molecule has 1 saturated heterocycles. The van der Waals surface area contributed by atoms with Gasteiger partial charge in [-0.2, -0.15) is 18.3 Å². The van der Waals surface area contributed by atoms with E-state index in [-0.39, 0.29) is 5.56 Å². The Kier molecular flexibility index (Phi) is 5.65. The molecule has 31 heavy (non-hydrogen) atoms. The summed E-state index contributed by atoms with van der Waals surface area (Å²) in [5.74, 6) is -0.207. The number of hydrogen-bond donors (Lipinski definition) is 1. The molecule has 0 spiro atoms. The topological polar surface area (TPSA) is 63.2 Å². The Labute approximate surface area is 176 Å². The number of fused-ring (bicyclic) bond motifs is 1. The lowest BCUT2D eigenvalue weighted by Crippen LogP contribution is -2.36. The van der Waals surface area contributed by atoms with E-state index in [1.165, 1.54) is 12.1 Å². The fraction of sp³-hybridized carbons (Fsp3) is 0.381. The zero-order chi connectivity index (χ0) is 22.2. The van der Waals surface area contributed by atoms with Crippen LogP contribution in [0.15, 0.2) is 30.5 Å². The molecule has 10 heteroatoms. The van der Waals surface area contributed by atoms with Gasteiger partial charge in [0.1, 0.15) is 11.6 Å². The van der Waals surface area contributed by atoms with Crippen LogP contribution in [0, 0.1) is 12.7 Å². The Balaban J connectivity index is 1.70. The number of morpholine rings is 1. The van der Waals surface area contributed by atoms with Crippen molar-refractivity contribution in [3.8, 4) is 0 Å². The number of pyridine rings is 1. The minimum absolute atomic E-state index is 0.104. The molecule has 1 aliphatic heterocycles. The Morgan fingerprint density at radius 1 is 1.13 bits per heavy atom. The second kappa shape index (κ2) is 8.26. The highest BCUT2D eigenvalue weighted by Gasteiger charge is 2.35. The molecule has 1 aliphatic rings. The minimum Gasteiger partial charge on any atom is -0.378 e. The van der Waals surface area contributed by atoms with E-state index in [2.05, 4.69) is 25.4 Å². The molecule has 0 bridgehead atoms. The van der Waals surface area contributed by atoms with Gasteiger partial charge in [0.15, 0.2) is 5.82 Å². The number of halogens is 4. The predicted molar refractivity (Wildman–Crippen MR) is 109 cm³/mol. The van der Waals surface area contributed by atoms with Crippen molar-refractivity contribution in [3.05, 3.63) is 53.1 Å². The summed E-state index contributed by atoms with van der Waals surface area (Å²) in [4.78, 5) is 6.59. The van der Waals surface area contributed by atoms with Crippen molar-refractivity contribution < 1.29 is 22.3 Å². The van der Waals surface area contributed by atoms with Gasteiger partial charge in [0.05, 0.1) is 30.5 Å². The first-order valence-corrected chi connectivity index (χ1v) is 9.83. The lowest BCUT2D eigenvalue weighted by atomic mass is 10.0. The molecule has 164 valence electrons. The van der Waals surface area contributed by atoms with Crippen molar-refractivity contribution in [2.24, 2.45) is 0 Å². The molecule has 0 radical (unpaired) electrons. The molecule has 0 unspecified atom stereocenters. The average Bonchev–Trinajstić information content (AvgIpc) is 2.75. The van der Waals surface area contributed by atoms with Gasteiger partial charge in [0.2, 0.25) is 0 Å². The van der Waals surface area contributed by atoms with Crippen LogP contribution in [0.5, 0.6) is 0 Å². The molecule has 0 amide bonds. The zero-order valence-corrected chi connectivity index (χ0v) is 17.0. The van der Waals surface area contributed by atoms with Crippen molar-refractivity contribution in [1.82, 2.24) is 15.2 Å². The molecule has 2 aromatic heterocycles. The summed E-state index contributed by atoms with van der Waals surface area (Å²) in [6.45, 7) is 5.98. The second-order valence-corrected chi connectivity index (χ2v) is 7.39. The third kappa shape index (κ3) is 4.25. The molecular weight excluding hydrogens is 414 g/mol. The smallest absolute Gasteiger partial charge is 0.378 e. The number of aryl methyl sites for hydroxylation is 1. The van der Waals surface area contributed by atoms with Crippen LogP contribution in [-0.4, -0.2) is 41.5 Å². The molecule has 0 aliphatic carbocycles. The molecular formula is C21H21F4N5O. The highest BCUT2D eigenvalue weighted by atomic mass is 19.4. The number of ether oxygens (including phenoxy) is 1. The first kappa shape index (κ1) is 21.2. The molecule has 1 fully saturated rings. The first-order valence-electron chi connectivity index (χ1n) is 9.83. The monoisotopic (exact) mass is 435 g/mol. The van der Waals surface area contributed by atoms with Crippen molar-refractivity contribution in [3.63, 3.8) is 0 Å². The van der Waals surface area contributed by atoms with Crippen LogP contribution in [0.1, 0.15) is 29.8 Å². The maximum atomic E-state index is 14.6. The van der Waals surface area contributed by atoms with E-state index >= 15 is 0 Å². The van der Waals surface area contributed by atoms with Crippen molar-refractivity contribution >= 4 is 22.4 Å². The minimum atomic E-state index is -4.77. The lowest BCUT2D eigenvalue weighted by Gasteiger charge is -2.28. The summed E-state index contributed by atoms with van der Waals surface area (Å²) >= 11 is 0. The van der Waals surface area contributed by atoms with Crippen LogP contribution >= 0.6 is 0 Å². The van der Waals surface area contributed by atoms with Crippen molar-refractivity contribution in [2.75, 3.05) is 36.5 Å². The largest absolute Gasteiger partial charge is 0.419 e. The van der Waals surface area contributed by atoms with E-state index in [0.717, 1.165) is 17.3 Å². The number of nitrogens with zero attached hydrogens (tertiary/aromatic N) is 4. The third-order valence-corrected chi connectivity index (χ3v) is 5.32. The van der Waals surface area contributed by atoms with Gasteiger partial charge < -0.3 is 15.0 Å². The number of nitrogens with one attached hydrogen (secondary N) is 1. The van der Waals surface area contributed by atoms with E-state index in [1.54, 1.807) is 20.0 Å². The van der Waals surface area contributed by atoms with Crippen LogP contribution in [0.4, 0.5) is 29.2 Å². The van der Waals surface area contributed by atoms with Gasteiger partial charge in [-0.05, 0) is 26.0 Å². The normalized spacial score (nSPS) is 15.9. The summed E-state index contributed by atoms with van der Waals surface area (Å²) in [5, 5.41) is 12.8. The number of rotatable bonds is 4. The Bertz CT molecular complexity index is 1100. The fourth-order valence-electron chi connectivity index (χ4n) is 3.62. The van der Waals surface area contributed by atoms with Gasteiger partial charge in [-0.1, -0.05) is 12.1 Å². The predicted octanol–water partition coefficient (Wildman–Crippen LogP) is 4.50. The average molecular weight is 435 g/mol. The Morgan fingerprint density at radius 2 is 1.87 bits per heavy atom. The van der Waals surface area contributed by atoms with E-state index < -0.39 is 23.6 Å². The number of anilines is 2. The quantitative estimate of drug-likeness (QED) is 0.609. The molecule has 1 N–H and O–H groups in total. The zero-order valence-electron chi connectivity index (χ0n) is 17.0. The molecule has 3 heterocycles. The maximum absolute atomic E-state index is 14.6. The van der Waals surface area contributed by atoms with Crippen molar-refractivity contribution in [2.45, 2.75) is 26.1 Å². The Morgan fingerprint density at radius 3 is 2.58 bits per heavy atom. The van der Waals surface area contributed by atoms with E-state index in [1.807, 2.05) is 6.07 Å². The summed E-state index contributed by atoms with van der Waals surface area (Å²) in [7, 11) is 0. The van der Waals surface area contributed by atoms with Gasteiger partial charge in [-0.15, -0.1) is 5.10 Å². The molecule has 6 nitrogen and oxygen atoms in total. The molecule has 1 aromatic carbocycles. The molecule has 4 rings (SSSR count). The summed E-state index contributed by atoms with van der Waals surface area (Å²) in [6, 6.07) is 4.33. The molecule has 1 atom stereocenters. The van der Waals surface area contributed by atoms with Crippen LogP contribution in [0.25, 0.3) is 10.8 Å². The number of aromatic nitrogens is 3. The highest BCUT2D eigenvalue weighted by Crippen LogP contribution is 2.35. The Hall–Kier alpha value is -3.01. The number of hydrogen-bond acceptors (Lipinski definition) is 6. The van der Waals surface area contributed by atoms with Crippen LogP contribution in [0.3, 0.4) is 0 Å². The lowest BCUT2D eigenvalue weighted by molar-refractivity contribution is -0.140. The first-order chi connectivity index (χ1) is 14.8. The molecule has 3 aromatic rings. The number of benzene rings is 1. The van der Waals surface area contributed by atoms with Crippen molar-refractivity contribution in [1.29, 1.82) is 0 Å². The third-order valence-electron chi connectivity index (χ3n) is 5.32. The van der Waals surface area contributed by atoms with Crippen LogP contribution in [0.2, 0.25) is 0 Å². The summed E-state index contributed by atoms with van der Waals surface area (Å²) in [5.41, 5.74) is -0.732. The van der Waals surface area contributed by atoms with Gasteiger partial charge in [0.25, 0.3) is 0 Å². The van der Waals surface area contributed by atoms with E-state index in [0.29, 0.717) is 43.2 Å². The van der Waals surface area contributed by atoms with E-state index in [4.69, 9.17) is 4.74 Å². The SMILES string of the molecule is Cc1nnc(N[C@H](C)c2cccc(C(F)(F)F)c2F)c2cc(N3CCOCC3)ncc12. The second-order valence-electron chi connectivity index (χ2n) is 7.39. The summed E-state index contributed by atoms with van der Waals surface area (Å²) < 4.78 is 59.2. The maximum Gasteiger partial charge on any atom is 0.419 e. The van der Waals surface area contributed by atoms with Crippen LogP contribution < -0.4 is 10.2 Å². The highest BCUT2D eigenvalue weighted by molar-refractivity contribution is 5.94.